The SMILES string of the molecule is O=C(Cc1ccccc1Cl)N1CCc2cc(-c3ccnc(NC4CCOCC4)n3)ncc21. The predicted octanol–water partition coefficient (Wildman–Crippen LogP) is 3.91. The third-order valence-electron chi connectivity index (χ3n) is 5.93. The van der Waals surface area contributed by atoms with Crippen LogP contribution < -0.4 is 10.2 Å². The van der Waals surface area contributed by atoms with E-state index in [9.17, 15) is 4.79 Å². The third kappa shape index (κ3) is 4.45. The molecule has 164 valence electrons. The molecule has 8 heteroatoms. The lowest BCUT2D eigenvalue weighted by Gasteiger charge is -2.23. The van der Waals surface area contributed by atoms with Crippen molar-refractivity contribution in [1.29, 1.82) is 0 Å². The van der Waals surface area contributed by atoms with Crippen molar-refractivity contribution in [2.45, 2.75) is 31.7 Å². The van der Waals surface area contributed by atoms with Crippen LogP contribution >= 0.6 is 11.6 Å². The Morgan fingerprint density at radius 1 is 1.16 bits per heavy atom. The molecule has 0 spiro atoms. The van der Waals surface area contributed by atoms with Crippen LogP contribution in [0.5, 0.6) is 0 Å². The van der Waals surface area contributed by atoms with Gasteiger partial charge in [0.05, 0.1) is 29.7 Å². The zero-order valence-corrected chi connectivity index (χ0v) is 18.4. The molecule has 1 aromatic carbocycles. The van der Waals surface area contributed by atoms with Crippen molar-refractivity contribution in [2.75, 3.05) is 30.0 Å². The molecule has 0 aliphatic carbocycles. The summed E-state index contributed by atoms with van der Waals surface area (Å²) in [6.45, 7) is 2.16. The maximum absolute atomic E-state index is 12.9. The number of amides is 1. The predicted molar refractivity (Wildman–Crippen MR) is 124 cm³/mol. The molecule has 5 rings (SSSR count). The molecule has 1 saturated heterocycles. The second-order valence-electron chi connectivity index (χ2n) is 8.06. The van der Waals surface area contributed by atoms with Gasteiger partial charge in [0.25, 0.3) is 0 Å². The molecule has 0 saturated carbocycles. The molecule has 4 heterocycles. The van der Waals surface area contributed by atoms with Gasteiger partial charge in [0, 0.05) is 37.0 Å². The Labute approximate surface area is 191 Å². The Balaban J connectivity index is 1.32. The van der Waals surface area contributed by atoms with Crippen LogP contribution in [0.2, 0.25) is 5.02 Å². The quantitative estimate of drug-likeness (QED) is 0.636. The van der Waals surface area contributed by atoms with Crippen LogP contribution in [0.25, 0.3) is 11.4 Å². The summed E-state index contributed by atoms with van der Waals surface area (Å²) in [5.74, 6) is 0.629. The van der Waals surface area contributed by atoms with E-state index < -0.39 is 0 Å². The van der Waals surface area contributed by atoms with E-state index in [1.165, 1.54) is 0 Å². The number of carbonyl (C=O) groups excluding carboxylic acids is 1. The second kappa shape index (κ2) is 9.22. The van der Waals surface area contributed by atoms with Crippen LogP contribution in [0.4, 0.5) is 11.6 Å². The number of aromatic nitrogens is 3. The van der Waals surface area contributed by atoms with Crippen LogP contribution in [-0.4, -0.2) is 46.7 Å². The topological polar surface area (TPSA) is 80.2 Å². The van der Waals surface area contributed by atoms with Gasteiger partial charge in [0.1, 0.15) is 0 Å². The van der Waals surface area contributed by atoms with Crippen LogP contribution in [-0.2, 0) is 22.4 Å². The van der Waals surface area contributed by atoms with E-state index in [1.807, 2.05) is 36.4 Å². The number of ether oxygens (including phenoxy) is 1. The largest absolute Gasteiger partial charge is 0.381 e. The zero-order valence-electron chi connectivity index (χ0n) is 17.6. The van der Waals surface area contributed by atoms with Gasteiger partial charge >= 0.3 is 0 Å². The molecule has 3 aromatic rings. The molecule has 2 aromatic heterocycles. The lowest BCUT2D eigenvalue weighted by molar-refractivity contribution is -0.117. The molecular formula is C24H24ClN5O2. The van der Waals surface area contributed by atoms with Crippen molar-refractivity contribution < 1.29 is 9.53 Å². The number of hydrogen-bond donors (Lipinski definition) is 1. The summed E-state index contributed by atoms with van der Waals surface area (Å²) in [5.41, 5.74) is 4.34. The average Bonchev–Trinajstić information content (AvgIpc) is 3.25. The molecule has 1 N–H and O–H groups in total. The van der Waals surface area contributed by atoms with Crippen LogP contribution in [0, 0.1) is 0 Å². The van der Waals surface area contributed by atoms with Crippen molar-refractivity contribution in [2.24, 2.45) is 0 Å². The van der Waals surface area contributed by atoms with Gasteiger partial charge in [-0.05, 0) is 48.6 Å². The average molecular weight is 450 g/mol. The number of pyridine rings is 1. The first-order chi connectivity index (χ1) is 15.7. The first kappa shape index (κ1) is 20.8. The van der Waals surface area contributed by atoms with Gasteiger partial charge in [-0.2, -0.15) is 0 Å². The van der Waals surface area contributed by atoms with Gasteiger partial charge in [-0.25, -0.2) is 9.97 Å². The number of nitrogens with zero attached hydrogens (tertiary/aromatic N) is 4. The minimum Gasteiger partial charge on any atom is -0.381 e. The Morgan fingerprint density at radius 2 is 2.00 bits per heavy atom. The molecule has 0 radical (unpaired) electrons. The monoisotopic (exact) mass is 449 g/mol. The van der Waals surface area contributed by atoms with Crippen molar-refractivity contribution in [3.8, 4) is 11.4 Å². The standard InChI is InChI=1S/C24H24ClN5O2/c25-19-4-2-1-3-16(19)14-23(31)30-10-6-17-13-21(27-15-22(17)30)20-5-9-26-24(29-20)28-18-7-11-32-12-8-18/h1-5,9,13,15,18H,6-8,10-12,14H2,(H,26,28,29). The number of hydrogen-bond acceptors (Lipinski definition) is 6. The summed E-state index contributed by atoms with van der Waals surface area (Å²) < 4.78 is 5.41. The lowest BCUT2D eigenvalue weighted by atomic mass is 10.1. The van der Waals surface area contributed by atoms with Crippen LogP contribution in [0.15, 0.2) is 48.8 Å². The van der Waals surface area contributed by atoms with E-state index in [0.717, 1.165) is 60.7 Å². The maximum Gasteiger partial charge on any atom is 0.231 e. The van der Waals surface area contributed by atoms with E-state index in [2.05, 4.69) is 20.3 Å². The number of anilines is 2. The maximum atomic E-state index is 12.9. The number of benzene rings is 1. The summed E-state index contributed by atoms with van der Waals surface area (Å²) in [7, 11) is 0. The molecule has 2 aliphatic heterocycles. The Bertz CT molecular complexity index is 1130. The normalized spacial score (nSPS) is 16.1. The van der Waals surface area contributed by atoms with Gasteiger partial charge in [-0.15, -0.1) is 0 Å². The molecule has 0 unspecified atom stereocenters. The highest BCUT2D eigenvalue weighted by molar-refractivity contribution is 6.31. The minimum absolute atomic E-state index is 0.0244. The Hall–Kier alpha value is -3.03. The molecular weight excluding hydrogens is 426 g/mol. The Morgan fingerprint density at radius 3 is 2.84 bits per heavy atom. The molecule has 7 nitrogen and oxygen atoms in total. The molecule has 1 amide bonds. The number of rotatable bonds is 5. The van der Waals surface area contributed by atoms with Crippen molar-refractivity contribution in [1.82, 2.24) is 15.0 Å². The van der Waals surface area contributed by atoms with Gasteiger partial charge in [-0.1, -0.05) is 29.8 Å². The summed E-state index contributed by atoms with van der Waals surface area (Å²) in [4.78, 5) is 28.3. The smallest absolute Gasteiger partial charge is 0.231 e. The summed E-state index contributed by atoms with van der Waals surface area (Å²) in [6, 6.07) is 11.7. The Kier molecular flexibility index (Phi) is 6.01. The molecule has 1 fully saturated rings. The summed E-state index contributed by atoms with van der Waals surface area (Å²) in [6.07, 6.45) is 6.48. The van der Waals surface area contributed by atoms with E-state index >= 15 is 0 Å². The zero-order chi connectivity index (χ0) is 21.9. The molecule has 2 aliphatic rings. The number of nitrogens with one attached hydrogen (secondary N) is 1. The first-order valence-corrected chi connectivity index (χ1v) is 11.3. The summed E-state index contributed by atoms with van der Waals surface area (Å²) in [5, 5.41) is 4.01. The van der Waals surface area contributed by atoms with E-state index in [4.69, 9.17) is 16.3 Å². The molecule has 0 atom stereocenters. The van der Waals surface area contributed by atoms with Gasteiger partial charge < -0.3 is 15.0 Å². The van der Waals surface area contributed by atoms with E-state index in [-0.39, 0.29) is 12.3 Å². The van der Waals surface area contributed by atoms with E-state index in [1.54, 1.807) is 17.3 Å². The highest BCUT2D eigenvalue weighted by Crippen LogP contribution is 2.31. The van der Waals surface area contributed by atoms with Crippen LogP contribution in [0.1, 0.15) is 24.0 Å². The van der Waals surface area contributed by atoms with Crippen LogP contribution in [0.3, 0.4) is 0 Å². The number of halogens is 1. The molecule has 0 bridgehead atoms. The first-order valence-electron chi connectivity index (χ1n) is 10.9. The fourth-order valence-corrected chi connectivity index (χ4v) is 4.38. The van der Waals surface area contributed by atoms with E-state index in [0.29, 0.717) is 23.6 Å². The second-order valence-corrected chi connectivity index (χ2v) is 8.47. The van der Waals surface area contributed by atoms with Crippen molar-refractivity contribution >= 4 is 29.1 Å². The number of fused-ring (bicyclic) bond motifs is 1. The van der Waals surface area contributed by atoms with Crippen molar-refractivity contribution in [3.63, 3.8) is 0 Å². The number of carbonyl (C=O) groups is 1. The highest BCUT2D eigenvalue weighted by Gasteiger charge is 2.26. The minimum atomic E-state index is 0.0244. The lowest BCUT2D eigenvalue weighted by Crippen LogP contribution is -2.30. The van der Waals surface area contributed by atoms with Gasteiger partial charge in [0.15, 0.2) is 0 Å². The third-order valence-corrected chi connectivity index (χ3v) is 6.30. The fraction of sp³-hybridized carbons (Fsp3) is 0.333. The fourth-order valence-electron chi connectivity index (χ4n) is 4.18. The highest BCUT2D eigenvalue weighted by atomic mass is 35.5. The summed E-state index contributed by atoms with van der Waals surface area (Å²) >= 11 is 6.23. The van der Waals surface area contributed by atoms with Gasteiger partial charge in [0.2, 0.25) is 11.9 Å². The van der Waals surface area contributed by atoms with Crippen molar-refractivity contribution in [3.05, 3.63) is 64.9 Å². The van der Waals surface area contributed by atoms with Gasteiger partial charge in [-0.3, -0.25) is 9.78 Å². The molecule has 32 heavy (non-hydrogen) atoms.